The summed E-state index contributed by atoms with van der Waals surface area (Å²) in [5.41, 5.74) is 0.778. The van der Waals surface area contributed by atoms with Gasteiger partial charge in [-0.25, -0.2) is 0 Å². The molecule has 0 saturated carbocycles. The second-order valence-corrected chi connectivity index (χ2v) is 8.72. The Hall–Kier alpha value is -3.11. The fourth-order valence-electron chi connectivity index (χ4n) is 4.34. The number of carbonyl (C=O) groups excluding carboxylic acids is 2. The van der Waals surface area contributed by atoms with E-state index in [0.29, 0.717) is 42.5 Å². The first kappa shape index (κ1) is 25.0. The Balaban J connectivity index is 1.44. The molecule has 10 heteroatoms. The number of amides is 2. The summed E-state index contributed by atoms with van der Waals surface area (Å²) >= 11 is 0. The first-order valence-corrected chi connectivity index (χ1v) is 12.1. The number of aromatic nitrogens is 1. The van der Waals surface area contributed by atoms with E-state index in [9.17, 15) is 9.59 Å². The number of hydrogen-bond donors (Lipinski definition) is 1. The fraction of sp³-hybridized carbons (Fsp3) is 0.560. The van der Waals surface area contributed by atoms with E-state index in [0.717, 1.165) is 32.3 Å². The minimum absolute atomic E-state index is 0.0567. The third-order valence-corrected chi connectivity index (χ3v) is 6.30. The van der Waals surface area contributed by atoms with Crippen molar-refractivity contribution in [1.29, 1.82) is 0 Å². The Morgan fingerprint density at radius 1 is 1.09 bits per heavy atom. The first-order chi connectivity index (χ1) is 17.1. The number of rotatable bonds is 11. The fourth-order valence-corrected chi connectivity index (χ4v) is 4.34. The minimum Gasteiger partial charge on any atom is -0.497 e. The summed E-state index contributed by atoms with van der Waals surface area (Å²) in [6.07, 6.45) is 4.00. The van der Waals surface area contributed by atoms with Crippen LogP contribution >= 0.6 is 0 Å². The lowest BCUT2D eigenvalue weighted by molar-refractivity contribution is -0.121. The molecule has 2 amide bonds. The predicted molar refractivity (Wildman–Crippen MR) is 127 cm³/mol. The summed E-state index contributed by atoms with van der Waals surface area (Å²) in [6, 6.07) is 6.88. The Labute approximate surface area is 204 Å². The lowest BCUT2D eigenvalue weighted by atomic mass is 10.1. The van der Waals surface area contributed by atoms with Crippen molar-refractivity contribution < 1.29 is 33.1 Å². The van der Waals surface area contributed by atoms with Gasteiger partial charge >= 0.3 is 0 Å². The topological polar surface area (TPSA) is 112 Å². The van der Waals surface area contributed by atoms with E-state index in [1.165, 1.54) is 0 Å². The maximum atomic E-state index is 13.4. The van der Waals surface area contributed by atoms with E-state index in [1.54, 1.807) is 43.4 Å². The van der Waals surface area contributed by atoms with Gasteiger partial charge in [0.2, 0.25) is 5.91 Å². The second kappa shape index (κ2) is 12.0. The third-order valence-electron chi connectivity index (χ3n) is 6.30. The van der Waals surface area contributed by atoms with E-state index in [1.807, 2.05) is 0 Å². The van der Waals surface area contributed by atoms with Crippen LogP contribution < -0.4 is 14.8 Å². The molecule has 4 rings (SSSR count). The van der Waals surface area contributed by atoms with Gasteiger partial charge in [-0.2, -0.15) is 0 Å². The lowest BCUT2D eigenvalue weighted by Gasteiger charge is -2.24. The molecular weight excluding hydrogens is 454 g/mol. The van der Waals surface area contributed by atoms with E-state index in [-0.39, 0.29) is 42.7 Å². The summed E-state index contributed by atoms with van der Waals surface area (Å²) in [7, 11) is 3.13. The molecule has 0 radical (unpaired) electrons. The average molecular weight is 488 g/mol. The Morgan fingerprint density at radius 2 is 1.86 bits per heavy atom. The van der Waals surface area contributed by atoms with Crippen molar-refractivity contribution >= 4 is 11.8 Å². The third kappa shape index (κ3) is 6.52. The van der Waals surface area contributed by atoms with Crippen molar-refractivity contribution in [3.63, 3.8) is 0 Å². The van der Waals surface area contributed by atoms with Gasteiger partial charge in [0, 0.05) is 45.3 Å². The first-order valence-electron chi connectivity index (χ1n) is 12.1. The highest BCUT2D eigenvalue weighted by molar-refractivity contribution is 5.93. The molecule has 2 aliphatic heterocycles. The summed E-state index contributed by atoms with van der Waals surface area (Å²) in [6.45, 7) is 2.56. The molecule has 0 unspecified atom stereocenters. The van der Waals surface area contributed by atoms with E-state index >= 15 is 0 Å². The summed E-state index contributed by atoms with van der Waals surface area (Å²) in [5, 5.41) is 6.92. The molecule has 2 fully saturated rings. The van der Waals surface area contributed by atoms with Crippen molar-refractivity contribution in [3.8, 4) is 22.8 Å². The molecule has 0 spiro atoms. The molecule has 10 nitrogen and oxygen atoms in total. The average Bonchev–Trinajstić information content (AvgIpc) is 3.67. The molecule has 2 atom stereocenters. The van der Waals surface area contributed by atoms with Crippen molar-refractivity contribution in [1.82, 2.24) is 15.4 Å². The number of hydrogen-bond acceptors (Lipinski definition) is 8. The maximum Gasteiger partial charge on any atom is 0.276 e. The highest BCUT2D eigenvalue weighted by atomic mass is 16.5. The van der Waals surface area contributed by atoms with E-state index < -0.39 is 0 Å². The van der Waals surface area contributed by atoms with Crippen LogP contribution in [0.25, 0.3) is 11.3 Å². The van der Waals surface area contributed by atoms with Gasteiger partial charge in [0.25, 0.3) is 5.91 Å². The molecular formula is C25H33N3O7. The summed E-state index contributed by atoms with van der Waals surface area (Å²) in [4.78, 5) is 27.4. The monoisotopic (exact) mass is 487 g/mol. The number of nitrogens with one attached hydrogen (secondary N) is 1. The predicted octanol–water partition coefficient (Wildman–Crippen LogP) is 2.67. The van der Waals surface area contributed by atoms with Crippen LogP contribution in [0.5, 0.6) is 11.5 Å². The van der Waals surface area contributed by atoms with Crippen LogP contribution in [0.2, 0.25) is 0 Å². The minimum atomic E-state index is -0.315. The SMILES string of the molecule is COc1ccc(OC)c(-c2cc(C(=O)N(CCC(=O)NC[C@H]3CCCO3)C[C@@H]3CCCO3)no2)c1. The standard InChI is InChI=1S/C25H33N3O7/c1-31-17-7-8-22(32-2)20(13-17)23-14-21(27-35-23)25(30)28(16-19-6-4-12-34-19)10-9-24(29)26-15-18-5-3-11-33-18/h7-8,13-14,18-19H,3-6,9-12,15-16H2,1-2H3,(H,26,29)/t18-,19+/m1/s1. The molecule has 35 heavy (non-hydrogen) atoms. The van der Waals surface area contributed by atoms with E-state index in [4.69, 9.17) is 23.5 Å². The van der Waals surface area contributed by atoms with Crippen LogP contribution in [-0.4, -0.2) is 81.1 Å². The molecule has 2 aromatic rings. The molecule has 1 aromatic heterocycles. The Bertz CT molecular complexity index is 997. The van der Waals surface area contributed by atoms with Crippen molar-refractivity contribution in [3.05, 3.63) is 30.0 Å². The lowest BCUT2D eigenvalue weighted by Crippen LogP contribution is -2.40. The summed E-state index contributed by atoms with van der Waals surface area (Å²) in [5.74, 6) is 1.14. The van der Waals surface area contributed by atoms with Crippen LogP contribution in [-0.2, 0) is 14.3 Å². The highest BCUT2D eigenvalue weighted by Crippen LogP contribution is 2.34. The number of ether oxygens (including phenoxy) is 4. The van der Waals surface area contributed by atoms with Gasteiger partial charge in [0.15, 0.2) is 11.5 Å². The van der Waals surface area contributed by atoms with Gasteiger partial charge in [-0.15, -0.1) is 0 Å². The molecule has 2 saturated heterocycles. The molecule has 0 bridgehead atoms. The van der Waals surface area contributed by atoms with Gasteiger partial charge in [-0.05, 0) is 43.9 Å². The van der Waals surface area contributed by atoms with Crippen LogP contribution in [0.15, 0.2) is 28.8 Å². The molecule has 0 aliphatic carbocycles. The highest BCUT2D eigenvalue weighted by Gasteiger charge is 2.27. The zero-order chi connectivity index (χ0) is 24.6. The quantitative estimate of drug-likeness (QED) is 0.515. The van der Waals surface area contributed by atoms with Crippen LogP contribution in [0.3, 0.4) is 0 Å². The smallest absolute Gasteiger partial charge is 0.276 e. The zero-order valence-corrected chi connectivity index (χ0v) is 20.3. The van der Waals surface area contributed by atoms with Crippen LogP contribution in [0.1, 0.15) is 42.6 Å². The number of benzene rings is 1. The number of nitrogens with zero attached hydrogens (tertiary/aromatic N) is 2. The van der Waals surface area contributed by atoms with Crippen LogP contribution in [0, 0.1) is 0 Å². The van der Waals surface area contributed by atoms with E-state index in [2.05, 4.69) is 10.5 Å². The van der Waals surface area contributed by atoms with Gasteiger partial charge in [0.05, 0.1) is 32.0 Å². The van der Waals surface area contributed by atoms with Crippen molar-refractivity contribution in [2.75, 3.05) is 47.1 Å². The molecule has 3 heterocycles. The van der Waals surface area contributed by atoms with Crippen LogP contribution in [0.4, 0.5) is 0 Å². The molecule has 1 aromatic carbocycles. The summed E-state index contributed by atoms with van der Waals surface area (Å²) < 4.78 is 27.5. The Kier molecular flexibility index (Phi) is 8.59. The van der Waals surface area contributed by atoms with Gasteiger partial charge in [0.1, 0.15) is 11.5 Å². The largest absolute Gasteiger partial charge is 0.497 e. The van der Waals surface area contributed by atoms with Crippen molar-refractivity contribution in [2.24, 2.45) is 0 Å². The van der Waals surface area contributed by atoms with Gasteiger partial charge in [-0.3, -0.25) is 9.59 Å². The second-order valence-electron chi connectivity index (χ2n) is 8.72. The van der Waals surface area contributed by atoms with Crippen molar-refractivity contribution in [2.45, 2.75) is 44.3 Å². The molecule has 1 N–H and O–H groups in total. The number of methoxy groups -OCH3 is 2. The van der Waals surface area contributed by atoms with Gasteiger partial charge < -0.3 is 33.7 Å². The Morgan fingerprint density at radius 3 is 2.54 bits per heavy atom. The zero-order valence-electron chi connectivity index (χ0n) is 20.3. The number of carbonyl (C=O) groups is 2. The molecule has 190 valence electrons. The normalized spacial score (nSPS) is 19.5. The van der Waals surface area contributed by atoms with Gasteiger partial charge in [-0.1, -0.05) is 5.16 Å². The maximum absolute atomic E-state index is 13.4. The molecule has 2 aliphatic rings.